The fourth-order valence-electron chi connectivity index (χ4n) is 1.81. The van der Waals surface area contributed by atoms with E-state index in [2.05, 4.69) is 31.1 Å². The van der Waals surface area contributed by atoms with Crippen molar-refractivity contribution in [2.45, 2.75) is 39.2 Å². The lowest BCUT2D eigenvalue weighted by Crippen LogP contribution is -2.43. The number of rotatable bonds is 3. The molecular formula is C11H22N2O. The van der Waals surface area contributed by atoms with Crippen LogP contribution in [0, 0.1) is 5.92 Å². The number of piperidine rings is 1. The summed E-state index contributed by atoms with van der Waals surface area (Å²) in [5, 5.41) is 3.11. The van der Waals surface area contributed by atoms with Crippen molar-refractivity contribution in [2.24, 2.45) is 5.92 Å². The molecule has 0 aliphatic carbocycles. The van der Waals surface area contributed by atoms with E-state index in [4.69, 9.17) is 0 Å². The van der Waals surface area contributed by atoms with Crippen LogP contribution in [0.5, 0.6) is 0 Å². The lowest BCUT2D eigenvalue weighted by atomic mass is 10.0. The summed E-state index contributed by atoms with van der Waals surface area (Å²) in [4.78, 5) is 13.8. The Kier molecular flexibility index (Phi) is 4.39. The molecule has 82 valence electrons. The largest absolute Gasteiger partial charge is 0.353 e. The van der Waals surface area contributed by atoms with E-state index in [1.165, 1.54) is 0 Å². The van der Waals surface area contributed by atoms with E-state index >= 15 is 0 Å². The third kappa shape index (κ3) is 4.09. The van der Waals surface area contributed by atoms with E-state index in [1.807, 2.05) is 0 Å². The van der Waals surface area contributed by atoms with Gasteiger partial charge in [-0.2, -0.15) is 0 Å². The Morgan fingerprint density at radius 2 is 2.00 bits per heavy atom. The van der Waals surface area contributed by atoms with Crippen molar-refractivity contribution in [3.8, 4) is 0 Å². The second-order valence-corrected chi connectivity index (χ2v) is 4.74. The van der Waals surface area contributed by atoms with Gasteiger partial charge in [0.25, 0.3) is 0 Å². The average Bonchev–Trinajstić information content (AvgIpc) is 2.07. The summed E-state index contributed by atoms with van der Waals surface area (Å²) in [6.07, 6.45) is 2.85. The third-order valence-corrected chi connectivity index (χ3v) is 2.68. The van der Waals surface area contributed by atoms with Crippen LogP contribution in [0.4, 0.5) is 0 Å². The number of carbonyl (C=O) groups excluding carboxylic acids is 1. The standard InChI is InChI=1S/C11H22N2O/c1-9(2)8-11(14)12-10-4-6-13(3)7-5-10/h9-10H,4-8H2,1-3H3,(H,12,14). The van der Waals surface area contributed by atoms with Gasteiger partial charge < -0.3 is 10.2 Å². The molecule has 1 N–H and O–H groups in total. The maximum atomic E-state index is 11.5. The highest BCUT2D eigenvalue weighted by Gasteiger charge is 2.18. The van der Waals surface area contributed by atoms with Crippen LogP contribution in [0.1, 0.15) is 33.1 Å². The van der Waals surface area contributed by atoms with E-state index in [9.17, 15) is 4.79 Å². The molecule has 0 atom stereocenters. The number of amides is 1. The van der Waals surface area contributed by atoms with Gasteiger partial charge in [0.05, 0.1) is 0 Å². The molecule has 3 heteroatoms. The molecule has 0 radical (unpaired) electrons. The van der Waals surface area contributed by atoms with Crippen LogP contribution < -0.4 is 5.32 Å². The molecule has 3 nitrogen and oxygen atoms in total. The van der Waals surface area contributed by atoms with Crippen LogP contribution in [-0.4, -0.2) is 37.0 Å². The van der Waals surface area contributed by atoms with Gasteiger partial charge in [-0.25, -0.2) is 0 Å². The Labute approximate surface area is 86.9 Å². The Morgan fingerprint density at radius 1 is 1.43 bits per heavy atom. The zero-order valence-electron chi connectivity index (χ0n) is 9.55. The van der Waals surface area contributed by atoms with Gasteiger partial charge in [-0.05, 0) is 38.9 Å². The Morgan fingerprint density at radius 3 is 2.50 bits per heavy atom. The van der Waals surface area contributed by atoms with Crippen molar-refractivity contribution < 1.29 is 4.79 Å². The van der Waals surface area contributed by atoms with Crippen molar-refractivity contribution in [3.63, 3.8) is 0 Å². The molecule has 0 saturated carbocycles. The quantitative estimate of drug-likeness (QED) is 0.740. The van der Waals surface area contributed by atoms with E-state index in [1.54, 1.807) is 0 Å². The molecule has 0 spiro atoms. The fourth-order valence-corrected chi connectivity index (χ4v) is 1.81. The maximum Gasteiger partial charge on any atom is 0.220 e. The van der Waals surface area contributed by atoms with Crippen LogP contribution in [0.15, 0.2) is 0 Å². The SMILES string of the molecule is CC(C)CC(=O)NC1CCN(C)CC1. The van der Waals surface area contributed by atoms with E-state index in [0.717, 1.165) is 25.9 Å². The molecule has 0 aromatic rings. The summed E-state index contributed by atoms with van der Waals surface area (Å²) in [6, 6.07) is 0.414. The Bertz CT molecular complexity index is 184. The van der Waals surface area contributed by atoms with Crippen molar-refractivity contribution in [3.05, 3.63) is 0 Å². The molecule has 1 amide bonds. The first-order chi connectivity index (χ1) is 6.58. The number of carbonyl (C=O) groups is 1. The molecule has 1 rings (SSSR count). The first kappa shape index (κ1) is 11.5. The third-order valence-electron chi connectivity index (χ3n) is 2.68. The molecule has 0 unspecified atom stereocenters. The van der Waals surface area contributed by atoms with E-state index in [-0.39, 0.29) is 5.91 Å². The van der Waals surface area contributed by atoms with Gasteiger partial charge in [0.15, 0.2) is 0 Å². The fraction of sp³-hybridized carbons (Fsp3) is 0.909. The molecule has 0 bridgehead atoms. The molecule has 0 aromatic carbocycles. The Balaban J connectivity index is 2.20. The molecular weight excluding hydrogens is 176 g/mol. The lowest BCUT2D eigenvalue weighted by Gasteiger charge is -2.29. The van der Waals surface area contributed by atoms with Crippen LogP contribution in [0.25, 0.3) is 0 Å². The summed E-state index contributed by atoms with van der Waals surface area (Å²) in [6.45, 7) is 6.36. The van der Waals surface area contributed by atoms with Crippen LogP contribution >= 0.6 is 0 Å². The highest BCUT2D eigenvalue weighted by molar-refractivity contribution is 5.76. The minimum Gasteiger partial charge on any atom is -0.353 e. The summed E-state index contributed by atoms with van der Waals surface area (Å²) >= 11 is 0. The molecule has 1 fully saturated rings. The maximum absolute atomic E-state index is 11.5. The second-order valence-electron chi connectivity index (χ2n) is 4.74. The molecule has 14 heavy (non-hydrogen) atoms. The van der Waals surface area contributed by atoms with Gasteiger partial charge in [-0.15, -0.1) is 0 Å². The zero-order valence-corrected chi connectivity index (χ0v) is 9.55. The van der Waals surface area contributed by atoms with Crippen LogP contribution in [0.3, 0.4) is 0 Å². The topological polar surface area (TPSA) is 32.3 Å². The van der Waals surface area contributed by atoms with E-state index < -0.39 is 0 Å². The normalized spacial score (nSPS) is 20.0. The molecule has 1 heterocycles. The number of nitrogens with one attached hydrogen (secondary N) is 1. The van der Waals surface area contributed by atoms with Gasteiger partial charge in [0.2, 0.25) is 5.91 Å². The lowest BCUT2D eigenvalue weighted by molar-refractivity contribution is -0.122. The summed E-state index contributed by atoms with van der Waals surface area (Å²) < 4.78 is 0. The molecule has 0 aromatic heterocycles. The number of hydrogen-bond acceptors (Lipinski definition) is 2. The predicted octanol–water partition coefficient (Wildman–Crippen LogP) is 1.24. The number of nitrogens with zero attached hydrogens (tertiary/aromatic N) is 1. The minimum atomic E-state index is 0.217. The molecule has 1 saturated heterocycles. The second kappa shape index (κ2) is 5.35. The highest BCUT2D eigenvalue weighted by atomic mass is 16.1. The number of likely N-dealkylation sites (tertiary alicyclic amines) is 1. The van der Waals surface area contributed by atoms with Gasteiger partial charge in [0.1, 0.15) is 0 Å². The molecule has 1 aliphatic rings. The van der Waals surface area contributed by atoms with Crippen molar-refractivity contribution in [1.82, 2.24) is 10.2 Å². The molecule has 1 aliphatic heterocycles. The summed E-state index contributed by atoms with van der Waals surface area (Å²) in [7, 11) is 2.13. The van der Waals surface area contributed by atoms with Gasteiger partial charge in [-0.3, -0.25) is 4.79 Å². The van der Waals surface area contributed by atoms with Gasteiger partial charge in [-0.1, -0.05) is 13.8 Å². The van der Waals surface area contributed by atoms with Crippen molar-refractivity contribution in [2.75, 3.05) is 20.1 Å². The smallest absolute Gasteiger partial charge is 0.220 e. The predicted molar refractivity (Wildman–Crippen MR) is 58.1 cm³/mol. The van der Waals surface area contributed by atoms with Gasteiger partial charge in [0, 0.05) is 12.5 Å². The first-order valence-corrected chi connectivity index (χ1v) is 5.56. The van der Waals surface area contributed by atoms with Crippen molar-refractivity contribution >= 4 is 5.91 Å². The van der Waals surface area contributed by atoms with Gasteiger partial charge >= 0.3 is 0 Å². The first-order valence-electron chi connectivity index (χ1n) is 5.56. The summed E-state index contributed by atoms with van der Waals surface area (Å²) in [5.74, 6) is 0.677. The highest BCUT2D eigenvalue weighted by Crippen LogP contribution is 2.09. The van der Waals surface area contributed by atoms with Crippen molar-refractivity contribution in [1.29, 1.82) is 0 Å². The zero-order chi connectivity index (χ0) is 10.6. The summed E-state index contributed by atoms with van der Waals surface area (Å²) in [5.41, 5.74) is 0. The monoisotopic (exact) mass is 198 g/mol. The van der Waals surface area contributed by atoms with Crippen LogP contribution in [-0.2, 0) is 4.79 Å². The van der Waals surface area contributed by atoms with E-state index in [0.29, 0.717) is 18.4 Å². The number of hydrogen-bond donors (Lipinski definition) is 1. The minimum absolute atomic E-state index is 0.217. The Hall–Kier alpha value is -0.570. The average molecular weight is 198 g/mol. The van der Waals surface area contributed by atoms with Crippen LogP contribution in [0.2, 0.25) is 0 Å².